The molecule has 1 saturated heterocycles. The normalized spacial score (nSPS) is 29.9. The van der Waals surface area contributed by atoms with Crippen LogP contribution in [0.1, 0.15) is 13.3 Å². The van der Waals surface area contributed by atoms with Crippen LogP contribution in [0.2, 0.25) is 0 Å². The van der Waals surface area contributed by atoms with Crippen molar-refractivity contribution in [1.29, 1.82) is 5.26 Å². The van der Waals surface area contributed by atoms with E-state index >= 15 is 0 Å². The fourth-order valence-corrected chi connectivity index (χ4v) is 2.30. The van der Waals surface area contributed by atoms with Gasteiger partial charge in [-0.2, -0.15) is 5.26 Å². The van der Waals surface area contributed by atoms with Crippen molar-refractivity contribution >= 4 is 5.69 Å². The molecule has 1 aliphatic heterocycles. The maximum absolute atomic E-state index is 9.37. The largest absolute Gasteiger partial charge is 0.366 e. The van der Waals surface area contributed by atoms with Gasteiger partial charge in [-0.15, -0.1) is 0 Å². The van der Waals surface area contributed by atoms with Crippen LogP contribution in [-0.2, 0) is 0 Å². The molecule has 0 saturated carbocycles. The van der Waals surface area contributed by atoms with Gasteiger partial charge in [0.1, 0.15) is 5.54 Å². The van der Waals surface area contributed by atoms with E-state index < -0.39 is 5.54 Å². The molecule has 2 unspecified atom stereocenters. The highest BCUT2D eigenvalue weighted by molar-refractivity contribution is 5.48. The third-order valence-corrected chi connectivity index (χ3v) is 3.29. The average Bonchev–Trinajstić information content (AvgIpc) is 2.56. The van der Waals surface area contributed by atoms with E-state index in [0.717, 1.165) is 18.7 Å². The molecule has 1 fully saturated rings. The first-order valence-electron chi connectivity index (χ1n) is 5.60. The van der Waals surface area contributed by atoms with Gasteiger partial charge in [0.25, 0.3) is 0 Å². The number of benzene rings is 1. The molecule has 0 spiro atoms. The highest BCUT2D eigenvalue weighted by Crippen LogP contribution is 2.28. The summed E-state index contributed by atoms with van der Waals surface area (Å²) in [7, 11) is 2.07. The Bertz CT molecular complexity index is 383. The van der Waals surface area contributed by atoms with Crippen LogP contribution in [0.15, 0.2) is 30.3 Å². The predicted octanol–water partition coefficient (Wildman–Crippen LogP) is 2.08. The minimum Gasteiger partial charge on any atom is -0.366 e. The third kappa shape index (κ3) is 2.02. The molecular formula is C13H17N3. The van der Waals surface area contributed by atoms with E-state index in [-0.39, 0.29) is 0 Å². The number of nitrogens with zero attached hydrogens (tertiary/aromatic N) is 2. The molecule has 84 valence electrons. The van der Waals surface area contributed by atoms with Gasteiger partial charge in [0.2, 0.25) is 0 Å². The van der Waals surface area contributed by atoms with Crippen molar-refractivity contribution in [2.24, 2.45) is 0 Å². The van der Waals surface area contributed by atoms with Crippen LogP contribution >= 0.6 is 0 Å². The molecule has 0 bridgehead atoms. The number of likely N-dealkylation sites (tertiary alicyclic amines) is 1. The van der Waals surface area contributed by atoms with E-state index in [1.807, 2.05) is 30.3 Å². The zero-order valence-corrected chi connectivity index (χ0v) is 9.77. The van der Waals surface area contributed by atoms with Gasteiger partial charge >= 0.3 is 0 Å². The Hall–Kier alpha value is -1.53. The number of anilines is 1. The van der Waals surface area contributed by atoms with Gasteiger partial charge < -0.3 is 10.2 Å². The number of nitriles is 1. The summed E-state index contributed by atoms with van der Waals surface area (Å²) in [6, 6.07) is 12.8. The number of nitrogens with one attached hydrogen (secondary N) is 1. The molecule has 3 heteroatoms. The second-order valence-electron chi connectivity index (χ2n) is 4.65. The van der Waals surface area contributed by atoms with Gasteiger partial charge in [-0.25, -0.2) is 0 Å². The van der Waals surface area contributed by atoms with E-state index in [1.165, 1.54) is 0 Å². The van der Waals surface area contributed by atoms with Gasteiger partial charge in [0, 0.05) is 24.7 Å². The molecule has 0 amide bonds. The minimum absolute atomic E-state index is 0.435. The van der Waals surface area contributed by atoms with Gasteiger partial charge in [0.15, 0.2) is 0 Å². The van der Waals surface area contributed by atoms with Crippen LogP contribution in [-0.4, -0.2) is 30.1 Å². The molecule has 1 aromatic carbocycles. The molecular weight excluding hydrogens is 198 g/mol. The van der Waals surface area contributed by atoms with Crippen molar-refractivity contribution in [3.63, 3.8) is 0 Å². The summed E-state index contributed by atoms with van der Waals surface area (Å²) >= 11 is 0. The summed E-state index contributed by atoms with van der Waals surface area (Å²) in [6.07, 6.45) is 0.870. The lowest BCUT2D eigenvalue weighted by molar-refractivity contribution is 0.327. The lowest BCUT2D eigenvalue weighted by Crippen LogP contribution is -2.39. The van der Waals surface area contributed by atoms with Gasteiger partial charge in [-0.3, -0.25) is 0 Å². The van der Waals surface area contributed by atoms with E-state index in [4.69, 9.17) is 0 Å². The van der Waals surface area contributed by atoms with E-state index in [1.54, 1.807) is 0 Å². The molecule has 1 N–H and O–H groups in total. The number of rotatable bonds is 2. The van der Waals surface area contributed by atoms with Gasteiger partial charge in [-0.1, -0.05) is 18.2 Å². The van der Waals surface area contributed by atoms with Crippen molar-refractivity contribution < 1.29 is 0 Å². The fraction of sp³-hybridized carbons (Fsp3) is 0.462. The first-order chi connectivity index (χ1) is 7.65. The second kappa shape index (κ2) is 4.15. The molecule has 16 heavy (non-hydrogen) atoms. The first-order valence-corrected chi connectivity index (χ1v) is 5.60. The van der Waals surface area contributed by atoms with Crippen molar-refractivity contribution in [2.45, 2.75) is 24.9 Å². The predicted molar refractivity (Wildman–Crippen MR) is 65.1 cm³/mol. The zero-order chi connectivity index (χ0) is 11.6. The Morgan fingerprint density at radius 2 is 2.12 bits per heavy atom. The lowest BCUT2D eigenvalue weighted by atomic mass is 9.98. The molecule has 0 aliphatic carbocycles. The molecule has 2 atom stereocenters. The summed E-state index contributed by atoms with van der Waals surface area (Å²) in [6.45, 7) is 2.94. The van der Waals surface area contributed by atoms with Crippen LogP contribution in [0.5, 0.6) is 0 Å². The molecule has 1 aromatic rings. The summed E-state index contributed by atoms with van der Waals surface area (Å²) in [5.41, 5.74) is 0.585. The maximum Gasteiger partial charge on any atom is 0.139 e. The van der Waals surface area contributed by atoms with Gasteiger partial charge in [0.05, 0.1) is 6.07 Å². The Kier molecular flexibility index (Phi) is 2.84. The Balaban J connectivity index is 2.16. The quantitative estimate of drug-likeness (QED) is 0.821. The van der Waals surface area contributed by atoms with Crippen molar-refractivity contribution in [3.05, 3.63) is 30.3 Å². The summed E-state index contributed by atoms with van der Waals surface area (Å²) in [4.78, 5) is 2.22. The maximum atomic E-state index is 9.37. The zero-order valence-electron chi connectivity index (χ0n) is 9.77. The number of hydrogen-bond donors (Lipinski definition) is 1. The van der Waals surface area contributed by atoms with Crippen molar-refractivity contribution in [1.82, 2.24) is 4.90 Å². The lowest BCUT2D eigenvalue weighted by Gasteiger charge is -2.23. The Morgan fingerprint density at radius 3 is 2.62 bits per heavy atom. The van der Waals surface area contributed by atoms with Crippen molar-refractivity contribution in [2.75, 3.05) is 18.9 Å². The minimum atomic E-state index is -0.435. The van der Waals surface area contributed by atoms with Gasteiger partial charge in [-0.05, 0) is 26.1 Å². The Labute approximate surface area is 96.7 Å². The van der Waals surface area contributed by atoms with Crippen molar-refractivity contribution in [3.8, 4) is 6.07 Å². The molecule has 3 nitrogen and oxygen atoms in total. The highest BCUT2D eigenvalue weighted by Gasteiger charge is 2.40. The first kappa shape index (κ1) is 11.0. The summed E-state index contributed by atoms with van der Waals surface area (Å²) in [5, 5.41) is 12.7. The third-order valence-electron chi connectivity index (χ3n) is 3.29. The number of para-hydroxylation sites is 1. The Morgan fingerprint density at radius 1 is 1.44 bits per heavy atom. The highest BCUT2D eigenvalue weighted by atomic mass is 15.2. The van der Waals surface area contributed by atoms with E-state index in [0.29, 0.717) is 6.04 Å². The fourth-order valence-electron chi connectivity index (χ4n) is 2.30. The topological polar surface area (TPSA) is 39.1 Å². The molecule has 0 radical (unpaired) electrons. The molecule has 1 aliphatic rings. The second-order valence-corrected chi connectivity index (χ2v) is 4.65. The van der Waals surface area contributed by atoms with Crippen LogP contribution in [0, 0.1) is 11.3 Å². The smallest absolute Gasteiger partial charge is 0.139 e. The standard InChI is InChI=1S/C13H17N3/c1-11-8-13(9-14,10-16(11)2)15-12-6-4-3-5-7-12/h3-7,11,15H,8,10H2,1-2H3. The summed E-state index contributed by atoms with van der Waals surface area (Å²) < 4.78 is 0. The van der Waals surface area contributed by atoms with E-state index in [9.17, 15) is 5.26 Å². The molecule has 2 rings (SSSR count). The summed E-state index contributed by atoms with van der Waals surface area (Å²) in [5.74, 6) is 0. The number of hydrogen-bond acceptors (Lipinski definition) is 3. The van der Waals surface area contributed by atoms with Crippen LogP contribution < -0.4 is 5.32 Å². The monoisotopic (exact) mass is 215 g/mol. The number of likely N-dealkylation sites (N-methyl/N-ethyl adjacent to an activating group) is 1. The average molecular weight is 215 g/mol. The van der Waals surface area contributed by atoms with Crippen LogP contribution in [0.25, 0.3) is 0 Å². The van der Waals surface area contributed by atoms with Crippen LogP contribution in [0.3, 0.4) is 0 Å². The van der Waals surface area contributed by atoms with E-state index in [2.05, 4.69) is 30.3 Å². The van der Waals surface area contributed by atoms with Crippen LogP contribution in [0.4, 0.5) is 5.69 Å². The molecule has 0 aromatic heterocycles. The SMILES string of the molecule is CC1CC(C#N)(Nc2ccccc2)CN1C. The molecule has 1 heterocycles.